The van der Waals surface area contributed by atoms with Crippen molar-refractivity contribution in [1.29, 1.82) is 0 Å². The molecule has 2 aromatic carbocycles. The number of nitrogens with one attached hydrogen (secondary N) is 1. The summed E-state index contributed by atoms with van der Waals surface area (Å²) >= 11 is 0. The van der Waals surface area contributed by atoms with Gasteiger partial charge >= 0.3 is 6.18 Å². The number of nitrogens with zero attached hydrogens (tertiary/aromatic N) is 2. The van der Waals surface area contributed by atoms with E-state index in [0.29, 0.717) is 11.0 Å². The van der Waals surface area contributed by atoms with Crippen molar-refractivity contribution in [2.45, 2.75) is 25.4 Å². The minimum Gasteiger partial charge on any atom is -0.451 e. The summed E-state index contributed by atoms with van der Waals surface area (Å²) in [5.74, 6) is -0.414. The lowest BCUT2D eigenvalue weighted by Gasteiger charge is -2.36. The van der Waals surface area contributed by atoms with Crippen molar-refractivity contribution in [2.24, 2.45) is 5.73 Å². The van der Waals surface area contributed by atoms with E-state index in [1.54, 1.807) is 6.07 Å². The predicted molar refractivity (Wildman–Crippen MR) is 130 cm³/mol. The van der Waals surface area contributed by atoms with E-state index in [9.17, 15) is 18.0 Å². The van der Waals surface area contributed by atoms with Crippen LogP contribution in [0.5, 0.6) is 0 Å². The number of carbonyl (C=O) groups is 1. The van der Waals surface area contributed by atoms with Crippen LogP contribution in [0.3, 0.4) is 0 Å². The maximum absolute atomic E-state index is 13.1. The Morgan fingerprint density at radius 2 is 1.83 bits per heavy atom. The maximum atomic E-state index is 13.1. The number of nitrogens with two attached hydrogens (primary N) is 1. The minimum absolute atomic E-state index is 0.162. The number of piperazine rings is 1. The van der Waals surface area contributed by atoms with Gasteiger partial charge in [0.2, 0.25) is 0 Å². The lowest BCUT2D eigenvalue weighted by atomic mass is 10.0. The van der Waals surface area contributed by atoms with Crippen molar-refractivity contribution >= 4 is 33.5 Å². The Labute approximate surface area is 200 Å². The Morgan fingerprint density at radius 1 is 1.03 bits per heavy atom. The van der Waals surface area contributed by atoms with Crippen LogP contribution in [0.1, 0.15) is 34.5 Å². The number of hydrogen-bond acceptors (Lipinski definition) is 4. The molecule has 1 saturated heterocycles. The van der Waals surface area contributed by atoms with E-state index in [1.165, 1.54) is 12.1 Å². The number of hydrogen-bond donors (Lipinski definition) is 2. The molecule has 9 heteroatoms. The van der Waals surface area contributed by atoms with Gasteiger partial charge in [0, 0.05) is 54.4 Å². The van der Waals surface area contributed by atoms with Gasteiger partial charge in [-0.25, -0.2) is 0 Å². The predicted octanol–water partition coefficient (Wildman–Crippen LogP) is 5.18. The molecule has 3 heterocycles. The van der Waals surface area contributed by atoms with E-state index in [2.05, 4.69) is 14.8 Å². The Bertz CT molecular complexity index is 1350. The van der Waals surface area contributed by atoms with Gasteiger partial charge in [-0.1, -0.05) is 0 Å². The number of aromatic nitrogens is 1. The highest BCUT2D eigenvalue weighted by Gasteiger charge is 2.30. The fourth-order valence-corrected chi connectivity index (χ4v) is 4.79. The van der Waals surface area contributed by atoms with Crippen molar-refractivity contribution in [3.05, 3.63) is 65.5 Å². The first kappa shape index (κ1) is 23.3. The fourth-order valence-electron chi connectivity index (χ4n) is 4.79. The number of primary amides is 1. The maximum Gasteiger partial charge on any atom is 0.416 e. The molecule has 2 aromatic heterocycles. The number of fused-ring (bicyclic) bond motifs is 2. The summed E-state index contributed by atoms with van der Waals surface area (Å²) in [6.07, 6.45) is 0.152. The number of unbranched alkanes of at least 4 members (excludes halogenated alkanes) is 1. The molecule has 1 amide bonds. The largest absolute Gasteiger partial charge is 0.451 e. The molecule has 0 radical (unpaired) electrons. The lowest BCUT2D eigenvalue weighted by molar-refractivity contribution is -0.137. The third-order valence-corrected chi connectivity index (χ3v) is 6.75. The summed E-state index contributed by atoms with van der Waals surface area (Å²) in [5.41, 5.74) is 8.11. The SMILES string of the molecule is NC(=O)c1cc2cc(N3CCN(CCCCc4c[nH]c5ccc(C(F)(F)F)cc45)CC3)ccc2o1. The van der Waals surface area contributed by atoms with Crippen LogP contribution in [0.25, 0.3) is 21.9 Å². The van der Waals surface area contributed by atoms with Crippen LogP contribution in [0.4, 0.5) is 18.9 Å². The molecule has 0 spiro atoms. The average molecular weight is 485 g/mol. The summed E-state index contributed by atoms with van der Waals surface area (Å²) in [5, 5.41) is 1.52. The Kier molecular flexibility index (Phi) is 6.19. The molecule has 1 aliphatic heterocycles. The van der Waals surface area contributed by atoms with Gasteiger partial charge in [-0.15, -0.1) is 0 Å². The minimum atomic E-state index is -4.33. The molecule has 1 fully saturated rings. The number of carbonyl (C=O) groups excluding carboxylic acids is 1. The Hall–Kier alpha value is -3.46. The molecule has 0 saturated carbocycles. The van der Waals surface area contributed by atoms with Gasteiger partial charge < -0.3 is 20.0 Å². The van der Waals surface area contributed by atoms with E-state index in [1.807, 2.05) is 24.4 Å². The molecule has 0 aliphatic carbocycles. The fraction of sp³-hybridized carbons (Fsp3) is 0.346. The molecule has 0 unspecified atom stereocenters. The van der Waals surface area contributed by atoms with Gasteiger partial charge in [-0.3, -0.25) is 9.69 Å². The molecule has 0 atom stereocenters. The Morgan fingerprint density at radius 3 is 2.57 bits per heavy atom. The summed E-state index contributed by atoms with van der Waals surface area (Å²) in [7, 11) is 0. The van der Waals surface area contributed by atoms with Crippen molar-refractivity contribution in [1.82, 2.24) is 9.88 Å². The second-order valence-electron chi connectivity index (χ2n) is 9.05. The standard InChI is InChI=1S/C26H27F3N4O2/c27-26(28,29)19-4-6-22-21(15-19)17(16-31-22)3-1-2-8-32-9-11-33(12-10-32)20-5-7-23-18(13-20)14-24(35-23)25(30)34/h4-7,13-16,31H,1-3,8-12H2,(H2,30,34). The highest BCUT2D eigenvalue weighted by atomic mass is 19.4. The van der Waals surface area contributed by atoms with Gasteiger partial charge in [-0.05, 0) is 73.8 Å². The molecule has 35 heavy (non-hydrogen) atoms. The summed E-state index contributed by atoms with van der Waals surface area (Å²) in [6.45, 7) is 4.64. The number of halogens is 3. The summed E-state index contributed by atoms with van der Waals surface area (Å²) in [6, 6.07) is 11.4. The first-order valence-corrected chi connectivity index (χ1v) is 11.8. The smallest absolute Gasteiger partial charge is 0.416 e. The molecule has 0 bridgehead atoms. The number of anilines is 1. The molecule has 4 aromatic rings. The topological polar surface area (TPSA) is 78.5 Å². The van der Waals surface area contributed by atoms with Gasteiger partial charge in [-0.2, -0.15) is 13.2 Å². The second kappa shape index (κ2) is 9.30. The van der Waals surface area contributed by atoms with Crippen LogP contribution < -0.4 is 10.6 Å². The van der Waals surface area contributed by atoms with Crippen molar-refractivity contribution in [2.75, 3.05) is 37.6 Å². The molecule has 1 aliphatic rings. The van der Waals surface area contributed by atoms with Crippen LogP contribution in [-0.4, -0.2) is 48.5 Å². The molecule has 3 N–H and O–H groups in total. The first-order chi connectivity index (χ1) is 16.8. The number of amides is 1. The van der Waals surface area contributed by atoms with E-state index in [0.717, 1.165) is 80.2 Å². The lowest BCUT2D eigenvalue weighted by Crippen LogP contribution is -2.46. The number of rotatable bonds is 7. The molecule has 5 rings (SSSR count). The van der Waals surface area contributed by atoms with Crippen LogP contribution in [0.15, 0.2) is 53.1 Å². The highest BCUT2D eigenvalue weighted by molar-refractivity contribution is 5.95. The summed E-state index contributed by atoms with van der Waals surface area (Å²) in [4.78, 5) is 19.2. The second-order valence-corrected chi connectivity index (χ2v) is 9.05. The number of aryl methyl sites for hydroxylation is 1. The third-order valence-electron chi connectivity index (χ3n) is 6.75. The third kappa shape index (κ3) is 5.00. The number of furan rings is 1. The van der Waals surface area contributed by atoms with Crippen LogP contribution in [0, 0.1) is 0 Å². The number of aromatic amines is 1. The van der Waals surface area contributed by atoms with Crippen molar-refractivity contribution in [3.8, 4) is 0 Å². The molecule has 184 valence electrons. The van der Waals surface area contributed by atoms with Crippen LogP contribution in [-0.2, 0) is 12.6 Å². The van der Waals surface area contributed by atoms with Gasteiger partial charge in [0.25, 0.3) is 5.91 Å². The number of H-pyrrole nitrogens is 1. The van der Waals surface area contributed by atoms with Gasteiger partial charge in [0.15, 0.2) is 5.76 Å². The average Bonchev–Trinajstić information content (AvgIpc) is 3.45. The molecule has 6 nitrogen and oxygen atoms in total. The zero-order valence-electron chi connectivity index (χ0n) is 19.2. The summed E-state index contributed by atoms with van der Waals surface area (Å²) < 4.78 is 44.6. The van der Waals surface area contributed by atoms with E-state index < -0.39 is 17.6 Å². The normalized spacial score (nSPS) is 15.3. The molecular weight excluding hydrogens is 457 g/mol. The van der Waals surface area contributed by atoms with E-state index >= 15 is 0 Å². The Balaban J connectivity index is 1.11. The van der Waals surface area contributed by atoms with Gasteiger partial charge in [0.05, 0.1) is 5.56 Å². The quantitative estimate of drug-likeness (QED) is 0.355. The zero-order chi connectivity index (χ0) is 24.6. The van der Waals surface area contributed by atoms with E-state index in [4.69, 9.17) is 10.2 Å². The molecular formula is C26H27F3N4O2. The zero-order valence-corrected chi connectivity index (χ0v) is 19.2. The highest BCUT2D eigenvalue weighted by Crippen LogP contribution is 2.32. The van der Waals surface area contributed by atoms with Crippen LogP contribution >= 0.6 is 0 Å². The van der Waals surface area contributed by atoms with Crippen LogP contribution in [0.2, 0.25) is 0 Å². The monoisotopic (exact) mass is 484 g/mol. The van der Waals surface area contributed by atoms with Crippen molar-refractivity contribution in [3.63, 3.8) is 0 Å². The number of benzene rings is 2. The van der Waals surface area contributed by atoms with Gasteiger partial charge in [0.1, 0.15) is 5.58 Å². The number of alkyl halides is 3. The van der Waals surface area contributed by atoms with E-state index in [-0.39, 0.29) is 5.76 Å². The van der Waals surface area contributed by atoms with Crippen molar-refractivity contribution < 1.29 is 22.4 Å². The first-order valence-electron chi connectivity index (χ1n) is 11.8.